The van der Waals surface area contributed by atoms with E-state index in [1.54, 1.807) is 0 Å². The van der Waals surface area contributed by atoms with Gasteiger partial charge in [0.2, 0.25) is 0 Å². The number of nitrogens with two attached hydrogens (primary N) is 2. The summed E-state index contributed by atoms with van der Waals surface area (Å²) >= 11 is 0. The third-order valence-electron chi connectivity index (χ3n) is 1.12. The first-order valence-electron chi connectivity index (χ1n) is 3.00. The van der Waals surface area contributed by atoms with Gasteiger partial charge in [-0.2, -0.15) is 0 Å². The van der Waals surface area contributed by atoms with Crippen molar-refractivity contribution in [3.63, 3.8) is 0 Å². The van der Waals surface area contributed by atoms with Gasteiger partial charge in [-0.3, -0.25) is 0 Å². The van der Waals surface area contributed by atoms with Crippen molar-refractivity contribution in [3.05, 3.63) is 23.9 Å². The molecule has 0 atom stereocenters. The summed E-state index contributed by atoms with van der Waals surface area (Å²) in [5.41, 5.74) is 12.3. The van der Waals surface area contributed by atoms with Crippen LogP contribution in [0.25, 0.3) is 0 Å². The third-order valence-corrected chi connectivity index (χ3v) is 1.12. The van der Waals surface area contributed by atoms with Crippen molar-refractivity contribution in [3.8, 4) is 0 Å². The molecule has 0 aliphatic rings. The van der Waals surface area contributed by atoms with Crippen LogP contribution in [0.15, 0.2) is 23.9 Å². The summed E-state index contributed by atoms with van der Waals surface area (Å²) in [7, 11) is 0. The normalized spacial score (nSPS) is 11.6. The lowest BCUT2D eigenvalue weighted by atomic mass is 10.2. The first kappa shape index (κ1) is 8.24. The monoisotopic (exact) mass is 126 g/mol. The van der Waals surface area contributed by atoms with Gasteiger partial charge in [-0.15, -0.1) is 0 Å². The molecule has 0 unspecified atom stereocenters. The predicted molar refractivity (Wildman–Crippen MR) is 40.8 cm³/mol. The standard InChI is InChI=1S/C7H14N2/c1-6(7(2)9)4-3-5-8/h4H,2-3,5,8-9H2,1H3/b6-4-. The lowest BCUT2D eigenvalue weighted by molar-refractivity contribution is 0.996. The number of hydrogen-bond acceptors (Lipinski definition) is 2. The molecule has 0 aromatic rings. The van der Waals surface area contributed by atoms with Gasteiger partial charge in [0, 0.05) is 5.70 Å². The second-order valence-corrected chi connectivity index (χ2v) is 1.99. The molecule has 9 heavy (non-hydrogen) atoms. The van der Waals surface area contributed by atoms with Gasteiger partial charge < -0.3 is 11.5 Å². The Hall–Kier alpha value is -0.760. The van der Waals surface area contributed by atoms with Gasteiger partial charge in [0.05, 0.1) is 0 Å². The lowest BCUT2D eigenvalue weighted by Gasteiger charge is -1.96. The van der Waals surface area contributed by atoms with Crippen molar-refractivity contribution in [2.24, 2.45) is 11.5 Å². The summed E-state index contributed by atoms with van der Waals surface area (Å²) < 4.78 is 0. The summed E-state index contributed by atoms with van der Waals surface area (Å²) in [6.07, 6.45) is 2.87. The fourth-order valence-corrected chi connectivity index (χ4v) is 0.431. The quantitative estimate of drug-likeness (QED) is 0.548. The highest BCUT2D eigenvalue weighted by molar-refractivity contribution is 5.22. The van der Waals surface area contributed by atoms with Crippen molar-refractivity contribution in [2.75, 3.05) is 6.54 Å². The van der Waals surface area contributed by atoms with Crippen molar-refractivity contribution < 1.29 is 0 Å². The van der Waals surface area contributed by atoms with Crippen LogP contribution in [0, 0.1) is 0 Å². The fraction of sp³-hybridized carbons (Fsp3) is 0.429. The van der Waals surface area contributed by atoms with Crippen molar-refractivity contribution in [1.29, 1.82) is 0 Å². The minimum atomic E-state index is 0.628. The van der Waals surface area contributed by atoms with Gasteiger partial charge in [-0.25, -0.2) is 0 Å². The SMILES string of the molecule is C=C(N)/C(C)=C\CCN. The van der Waals surface area contributed by atoms with E-state index in [0.29, 0.717) is 12.2 Å². The van der Waals surface area contributed by atoms with Crippen LogP contribution in [0.5, 0.6) is 0 Å². The van der Waals surface area contributed by atoms with Crippen LogP contribution in [0.3, 0.4) is 0 Å². The van der Waals surface area contributed by atoms with E-state index in [1.807, 2.05) is 13.0 Å². The fourth-order valence-electron chi connectivity index (χ4n) is 0.431. The molecule has 0 radical (unpaired) electrons. The zero-order valence-corrected chi connectivity index (χ0v) is 5.85. The molecule has 0 spiro atoms. The smallest absolute Gasteiger partial charge is 0.0267 e. The molecule has 0 bridgehead atoms. The van der Waals surface area contributed by atoms with Gasteiger partial charge in [0.1, 0.15) is 0 Å². The number of rotatable bonds is 3. The lowest BCUT2D eigenvalue weighted by Crippen LogP contribution is -1.99. The maximum absolute atomic E-state index is 5.37. The van der Waals surface area contributed by atoms with Gasteiger partial charge in [0.15, 0.2) is 0 Å². The maximum atomic E-state index is 5.37. The Kier molecular flexibility index (Phi) is 3.80. The van der Waals surface area contributed by atoms with Crippen LogP contribution < -0.4 is 11.5 Å². The van der Waals surface area contributed by atoms with E-state index in [0.717, 1.165) is 12.0 Å². The molecule has 0 amide bonds. The Labute approximate surface area is 56.2 Å². The van der Waals surface area contributed by atoms with Crippen LogP contribution in [-0.4, -0.2) is 6.54 Å². The van der Waals surface area contributed by atoms with Gasteiger partial charge >= 0.3 is 0 Å². The van der Waals surface area contributed by atoms with E-state index in [2.05, 4.69) is 6.58 Å². The minimum Gasteiger partial charge on any atom is -0.399 e. The first-order chi connectivity index (χ1) is 4.18. The van der Waals surface area contributed by atoms with Crippen LogP contribution in [0.4, 0.5) is 0 Å². The molecule has 2 nitrogen and oxygen atoms in total. The van der Waals surface area contributed by atoms with Crippen molar-refractivity contribution in [1.82, 2.24) is 0 Å². The Bertz CT molecular complexity index is 125. The highest BCUT2D eigenvalue weighted by Crippen LogP contribution is 1.99. The van der Waals surface area contributed by atoms with Crippen molar-refractivity contribution in [2.45, 2.75) is 13.3 Å². The highest BCUT2D eigenvalue weighted by atomic mass is 14.6. The second-order valence-electron chi connectivity index (χ2n) is 1.99. The minimum absolute atomic E-state index is 0.628. The second kappa shape index (κ2) is 4.15. The number of allylic oxidation sites excluding steroid dienone is 1. The molecule has 0 rings (SSSR count). The largest absolute Gasteiger partial charge is 0.399 e. The Morgan fingerprint density at radius 3 is 2.56 bits per heavy atom. The Balaban J connectivity index is 3.69. The molecule has 0 heterocycles. The summed E-state index contributed by atoms with van der Waals surface area (Å²) in [5, 5.41) is 0. The molecule has 2 heteroatoms. The predicted octanol–water partition coefficient (Wildman–Crippen LogP) is 0.754. The molecule has 0 saturated carbocycles. The third kappa shape index (κ3) is 3.79. The molecule has 0 aromatic heterocycles. The average molecular weight is 126 g/mol. The van der Waals surface area contributed by atoms with Crippen LogP contribution in [0.1, 0.15) is 13.3 Å². The van der Waals surface area contributed by atoms with E-state index in [1.165, 1.54) is 0 Å². The van der Waals surface area contributed by atoms with E-state index < -0.39 is 0 Å². The summed E-state index contributed by atoms with van der Waals surface area (Å²) in [5.74, 6) is 0. The summed E-state index contributed by atoms with van der Waals surface area (Å²) in [6.45, 7) is 6.18. The molecule has 0 aliphatic carbocycles. The average Bonchev–Trinajstić information content (AvgIpc) is 1.82. The summed E-state index contributed by atoms with van der Waals surface area (Å²) in [4.78, 5) is 0. The summed E-state index contributed by atoms with van der Waals surface area (Å²) in [6, 6.07) is 0. The Morgan fingerprint density at radius 1 is 1.67 bits per heavy atom. The van der Waals surface area contributed by atoms with E-state index in [4.69, 9.17) is 11.5 Å². The zero-order chi connectivity index (χ0) is 7.28. The number of hydrogen-bond donors (Lipinski definition) is 2. The van der Waals surface area contributed by atoms with Gasteiger partial charge in [0.25, 0.3) is 0 Å². The van der Waals surface area contributed by atoms with Gasteiger partial charge in [-0.1, -0.05) is 12.7 Å². The molecule has 0 saturated heterocycles. The van der Waals surface area contributed by atoms with Gasteiger partial charge in [-0.05, 0) is 25.5 Å². The molecular formula is C7H14N2. The molecule has 4 N–H and O–H groups in total. The van der Waals surface area contributed by atoms with Crippen LogP contribution >= 0.6 is 0 Å². The molecule has 0 aromatic carbocycles. The molecule has 0 aliphatic heterocycles. The van der Waals surface area contributed by atoms with Crippen LogP contribution in [-0.2, 0) is 0 Å². The molecular weight excluding hydrogens is 112 g/mol. The molecule has 0 fully saturated rings. The highest BCUT2D eigenvalue weighted by Gasteiger charge is 1.86. The maximum Gasteiger partial charge on any atom is 0.0267 e. The van der Waals surface area contributed by atoms with E-state index in [-0.39, 0.29) is 0 Å². The first-order valence-corrected chi connectivity index (χ1v) is 3.00. The van der Waals surface area contributed by atoms with E-state index >= 15 is 0 Å². The van der Waals surface area contributed by atoms with Crippen molar-refractivity contribution >= 4 is 0 Å². The zero-order valence-electron chi connectivity index (χ0n) is 5.85. The van der Waals surface area contributed by atoms with Crippen LogP contribution in [0.2, 0.25) is 0 Å². The Morgan fingerprint density at radius 2 is 2.22 bits per heavy atom. The van der Waals surface area contributed by atoms with E-state index in [9.17, 15) is 0 Å². The topological polar surface area (TPSA) is 52.0 Å². The molecule has 52 valence electrons.